The molecule has 1 saturated carbocycles. The number of hydrogen-bond acceptors (Lipinski definition) is 2. The molecule has 1 radical (unpaired) electrons. The summed E-state index contributed by atoms with van der Waals surface area (Å²) in [7, 11) is 0. The highest BCUT2D eigenvalue weighted by Gasteiger charge is 2.58. The number of hydrogen-bond donors (Lipinski definition) is 0. The third kappa shape index (κ3) is 3.43. The van der Waals surface area contributed by atoms with Crippen molar-refractivity contribution in [2.45, 2.75) is 109 Å². The van der Waals surface area contributed by atoms with Gasteiger partial charge in [0.05, 0.1) is 5.54 Å². The Morgan fingerprint density at radius 2 is 1.70 bits per heavy atom. The Morgan fingerprint density at radius 3 is 2.26 bits per heavy atom. The smallest absolute Gasteiger partial charge is 0.246 e. The second-order valence-corrected chi connectivity index (χ2v) is 8.86. The molecule has 4 nitrogen and oxygen atoms in total. The molecule has 0 unspecified atom stereocenters. The summed E-state index contributed by atoms with van der Waals surface area (Å²) in [6, 6.07) is 0. The SMILES string of the molecule is CCCCCC(C)(C)N1CC(C)(C)N([O])C2(CCCCC2)C1=O. The summed E-state index contributed by atoms with van der Waals surface area (Å²) < 4.78 is 0. The summed E-state index contributed by atoms with van der Waals surface area (Å²) in [5, 5.41) is 14.2. The van der Waals surface area contributed by atoms with Crippen LogP contribution in [0.3, 0.4) is 0 Å². The van der Waals surface area contributed by atoms with Crippen LogP contribution in [0.15, 0.2) is 0 Å². The fraction of sp³-hybridized carbons (Fsp3) is 0.947. The average Bonchev–Trinajstić information content (AvgIpc) is 2.51. The van der Waals surface area contributed by atoms with Crippen molar-refractivity contribution in [3.63, 3.8) is 0 Å². The summed E-state index contributed by atoms with van der Waals surface area (Å²) in [6.45, 7) is 11.1. The third-order valence-corrected chi connectivity index (χ3v) is 5.93. The maximum atomic E-state index is 13.4. The number of hydroxylamine groups is 2. The molecule has 2 aliphatic rings. The lowest BCUT2D eigenvalue weighted by Crippen LogP contribution is -2.75. The highest BCUT2D eigenvalue weighted by molar-refractivity contribution is 5.88. The standard InChI is InChI=1S/C19H35N2O2/c1-6-7-9-12-17(2,3)20-15-18(4,5)21(23)19(16(20)22)13-10-8-11-14-19/h6-15H2,1-5H3. The molecule has 0 aromatic rings. The maximum Gasteiger partial charge on any atom is 0.246 e. The lowest BCUT2D eigenvalue weighted by Gasteiger charge is -2.57. The predicted octanol–water partition coefficient (Wildman–Crippen LogP) is 4.32. The molecule has 0 N–H and O–H groups in total. The second kappa shape index (κ2) is 6.72. The summed E-state index contributed by atoms with van der Waals surface area (Å²) in [5.41, 5.74) is -1.48. The van der Waals surface area contributed by atoms with Crippen molar-refractivity contribution in [2.75, 3.05) is 6.54 Å². The van der Waals surface area contributed by atoms with Crippen molar-refractivity contribution in [3.05, 3.63) is 0 Å². The number of rotatable bonds is 5. The van der Waals surface area contributed by atoms with Gasteiger partial charge in [-0.2, -0.15) is 0 Å². The normalized spacial score (nSPS) is 25.1. The first-order valence-corrected chi connectivity index (χ1v) is 9.47. The van der Waals surface area contributed by atoms with Gasteiger partial charge in [0.2, 0.25) is 5.91 Å². The molecule has 2 rings (SSSR count). The molecule has 133 valence electrons. The van der Waals surface area contributed by atoms with Crippen LogP contribution in [0, 0.1) is 0 Å². The Labute approximate surface area is 142 Å². The van der Waals surface area contributed by atoms with Crippen LogP contribution in [0.5, 0.6) is 0 Å². The Bertz CT molecular complexity index is 425. The molecule has 2 fully saturated rings. The van der Waals surface area contributed by atoms with Gasteiger partial charge in [-0.3, -0.25) is 4.79 Å². The van der Waals surface area contributed by atoms with Gasteiger partial charge in [-0.15, -0.1) is 10.3 Å². The van der Waals surface area contributed by atoms with Crippen LogP contribution in [0.4, 0.5) is 0 Å². The van der Waals surface area contributed by atoms with Gasteiger partial charge in [-0.25, -0.2) is 0 Å². The number of amides is 1. The van der Waals surface area contributed by atoms with E-state index in [-0.39, 0.29) is 11.4 Å². The number of carbonyl (C=O) groups is 1. The minimum Gasteiger partial charge on any atom is -0.334 e. The van der Waals surface area contributed by atoms with E-state index >= 15 is 0 Å². The first-order valence-electron chi connectivity index (χ1n) is 9.47. The topological polar surface area (TPSA) is 43.5 Å². The van der Waals surface area contributed by atoms with E-state index in [0.29, 0.717) is 6.54 Å². The van der Waals surface area contributed by atoms with Crippen molar-refractivity contribution in [3.8, 4) is 0 Å². The van der Waals surface area contributed by atoms with Crippen molar-refractivity contribution >= 4 is 5.91 Å². The summed E-state index contributed by atoms with van der Waals surface area (Å²) >= 11 is 0. The predicted molar refractivity (Wildman–Crippen MR) is 92.4 cm³/mol. The monoisotopic (exact) mass is 323 g/mol. The lowest BCUT2D eigenvalue weighted by molar-refractivity contribution is -0.301. The van der Waals surface area contributed by atoms with E-state index in [1.54, 1.807) is 0 Å². The van der Waals surface area contributed by atoms with Crippen LogP contribution in [-0.2, 0) is 10.0 Å². The van der Waals surface area contributed by atoms with E-state index < -0.39 is 11.1 Å². The quantitative estimate of drug-likeness (QED) is 0.707. The molecule has 0 bridgehead atoms. The molecule has 1 spiro atoms. The number of carbonyl (C=O) groups excluding carboxylic acids is 1. The van der Waals surface area contributed by atoms with E-state index in [9.17, 15) is 10.0 Å². The van der Waals surface area contributed by atoms with E-state index in [4.69, 9.17) is 0 Å². The van der Waals surface area contributed by atoms with Gasteiger partial charge >= 0.3 is 0 Å². The molecule has 0 aromatic heterocycles. The number of nitrogens with zero attached hydrogens (tertiary/aromatic N) is 2. The highest BCUT2D eigenvalue weighted by atomic mass is 16.5. The molecule has 1 aliphatic carbocycles. The first-order chi connectivity index (χ1) is 10.7. The fourth-order valence-electron chi connectivity index (χ4n) is 4.43. The zero-order chi connectivity index (χ0) is 17.3. The Morgan fingerprint density at radius 1 is 1.09 bits per heavy atom. The molecule has 0 aromatic carbocycles. The minimum atomic E-state index is -0.804. The average molecular weight is 324 g/mol. The molecule has 0 atom stereocenters. The largest absolute Gasteiger partial charge is 0.334 e. The lowest BCUT2D eigenvalue weighted by atomic mass is 9.74. The molecule has 1 heterocycles. The molecular weight excluding hydrogens is 288 g/mol. The van der Waals surface area contributed by atoms with Gasteiger partial charge in [0, 0.05) is 12.1 Å². The van der Waals surface area contributed by atoms with Crippen LogP contribution in [0.1, 0.15) is 92.4 Å². The van der Waals surface area contributed by atoms with Crippen LogP contribution < -0.4 is 0 Å². The zero-order valence-corrected chi connectivity index (χ0v) is 15.8. The Kier molecular flexibility index (Phi) is 5.47. The van der Waals surface area contributed by atoms with Crippen LogP contribution in [-0.4, -0.2) is 39.0 Å². The van der Waals surface area contributed by atoms with E-state index in [1.165, 1.54) is 17.9 Å². The fourth-order valence-corrected chi connectivity index (χ4v) is 4.43. The maximum absolute atomic E-state index is 13.4. The molecule has 1 aliphatic heterocycles. The number of unbranched alkanes of at least 4 members (excludes halogenated alkanes) is 2. The minimum absolute atomic E-state index is 0.0908. The molecule has 4 heteroatoms. The molecule has 1 amide bonds. The van der Waals surface area contributed by atoms with Crippen LogP contribution in [0.25, 0.3) is 0 Å². The summed E-state index contributed by atoms with van der Waals surface area (Å²) in [4.78, 5) is 15.4. The second-order valence-electron chi connectivity index (χ2n) is 8.86. The summed E-state index contributed by atoms with van der Waals surface area (Å²) in [5.74, 6) is 0.0908. The first kappa shape index (κ1) is 18.7. The van der Waals surface area contributed by atoms with E-state index in [1.807, 2.05) is 18.7 Å². The van der Waals surface area contributed by atoms with Gasteiger partial charge in [-0.1, -0.05) is 45.4 Å². The molecule has 23 heavy (non-hydrogen) atoms. The van der Waals surface area contributed by atoms with E-state index in [0.717, 1.165) is 44.9 Å². The highest BCUT2D eigenvalue weighted by Crippen LogP contribution is 2.44. The number of piperazine rings is 1. The third-order valence-electron chi connectivity index (χ3n) is 5.93. The Balaban J connectivity index is 2.28. The van der Waals surface area contributed by atoms with Crippen molar-refractivity contribution in [2.24, 2.45) is 0 Å². The van der Waals surface area contributed by atoms with Gasteiger partial charge in [-0.05, 0) is 47.0 Å². The molecular formula is C19H35N2O2. The van der Waals surface area contributed by atoms with Crippen molar-refractivity contribution in [1.82, 2.24) is 9.96 Å². The zero-order valence-electron chi connectivity index (χ0n) is 15.8. The van der Waals surface area contributed by atoms with E-state index in [2.05, 4.69) is 20.8 Å². The molecule has 1 saturated heterocycles. The summed E-state index contributed by atoms with van der Waals surface area (Å²) in [6.07, 6.45) is 9.11. The van der Waals surface area contributed by atoms with Crippen molar-refractivity contribution in [1.29, 1.82) is 0 Å². The van der Waals surface area contributed by atoms with Crippen LogP contribution in [0.2, 0.25) is 0 Å². The van der Waals surface area contributed by atoms with Crippen LogP contribution >= 0.6 is 0 Å². The van der Waals surface area contributed by atoms with Gasteiger partial charge in [0.1, 0.15) is 5.54 Å². The van der Waals surface area contributed by atoms with Crippen molar-refractivity contribution < 1.29 is 10.0 Å². The van der Waals surface area contributed by atoms with Gasteiger partial charge < -0.3 is 4.90 Å². The van der Waals surface area contributed by atoms with Gasteiger partial charge in [0.25, 0.3) is 0 Å². The Hall–Kier alpha value is -0.610. The van der Waals surface area contributed by atoms with Gasteiger partial charge in [0.15, 0.2) is 0 Å².